The highest BCUT2D eigenvalue weighted by Crippen LogP contribution is 2.32. The van der Waals surface area contributed by atoms with Crippen LogP contribution in [-0.4, -0.2) is 51.7 Å². The van der Waals surface area contributed by atoms with Crippen molar-refractivity contribution in [3.05, 3.63) is 41.4 Å². The third kappa shape index (κ3) is 4.39. The van der Waals surface area contributed by atoms with Crippen LogP contribution < -0.4 is 5.32 Å². The van der Waals surface area contributed by atoms with Crippen LogP contribution in [-0.2, 0) is 14.3 Å². The Morgan fingerprint density at radius 2 is 2.14 bits per heavy atom. The Bertz CT molecular complexity index is 914. The van der Waals surface area contributed by atoms with E-state index in [-0.39, 0.29) is 23.8 Å². The quantitative estimate of drug-likeness (QED) is 0.724. The molecule has 0 spiro atoms. The number of methoxy groups -OCH3 is 1. The van der Waals surface area contributed by atoms with Crippen molar-refractivity contribution in [3.63, 3.8) is 0 Å². The van der Waals surface area contributed by atoms with Crippen molar-refractivity contribution in [3.8, 4) is 0 Å². The molecule has 10 heteroatoms. The zero-order valence-electron chi connectivity index (χ0n) is 15.2. The van der Waals surface area contributed by atoms with Gasteiger partial charge in [0.15, 0.2) is 5.17 Å². The van der Waals surface area contributed by atoms with E-state index in [1.165, 1.54) is 30.2 Å². The summed E-state index contributed by atoms with van der Waals surface area (Å²) in [6.07, 6.45) is 1.61. The van der Waals surface area contributed by atoms with Crippen molar-refractivity contribution in [2.24, 2.45) is 4.99 Å². The molecule has 28 heavy (non-hydrogen) atoms. The Kier molecular flexibility index (Phi) is 6.42. The Hall–Kier alpha value is -2.72. The number of anilines is 1. The van der Waals surface area contributed by atoms with Crippen molar-refractivity contribution in [2.45, 2.75) is 18.6 Å². The van der Waals surface area contributed by atoms with E-state index in [0.717, 1.165) is 0 Å². The highest BCUT2D eigenvalue weighted by molar-refractivity contribution is 8.15. The molecule has 0 saturated carbocycles. The molecule has 2 aromatic rings. The number of nitrogens with one attached hydrogen (secondary N) is 1. The first-order valence-electron chi connectivity index (χ1n) is 8.47. The van der Waals surface area contributed by atoms with E-state index in [9.17, 15) is 14.4 Å². The fourth-order valence-electron chi connectivity index (χ4n) is 2.62. The first-order chi connectivity index (χ1) is 13.5. The summed E-state index contributed by atoms with van der Waals surface area (Å²) in [7, 11) is 1.28. The SMILES string of the molecule is CCN1C(=O)C(CC(=O)Nc2ccccc2C(=O)OC)SC1=Nc1nccs1. The first kappa shape index (κ1) is 20.0. The molecule has 8 nitrogen and oxygen atoms in total. The maximum atomic E-state index is 12.6. The van der Waals surface area contributed by atoms with Crippen LogP contribution in [0.2, 0.25) is 0 Å². The van der Waals surface area contributed by atoms with Gasteiger partial charge in [-0.3, -0.25) is 14.5 Å². The van der Waals surface area contributed by atoms with Crippen LogP contribution in [0.5, 0.6) is 0 Å². The predicted octanol–water partition coefficient (Wildman–Crippen LogP) is 2.91. The van der Waals surface area contributed by atoms with E-state index in [1.54, 1.807) is 40.7 Å². The van der Waals surface area contributed by atoms with Gasteiger partial charge in [-0.25, -0.2) is 9.78 Å². The molecule has 1 N–H and O–H groups in total. The Morgan fingerprint density at radius 3 is 2.82 bits per heavy atom. The number of thiazole rings is 1. The number of amides is 2. The molecule has 0 aliphatic carbocycles. The second-order valence-corrected chi connectivity index (χ2v) is 7.73. The number of thioether (sulfide) groups is 1. The number of carbonyl (C=O) groups excluding carboxylic acids is 3. The molecule has 1 saturated heterocycles. The highest BCUT2D eigenvalue weighted by Gasteiger charge is 2.38. The van der Waals surface area contributed by atoms with Crippen LogP contribution in [0.1, 0.15) is 23.7 Å². The summed E-state index contributed by atoms with van der Waals surface area (Å²) < 4.78 is 4.73. The number of esters is 1. The van der Waals surface area contributed by atoms with E-state index in [0.29, 0.717) is 22.5 Å². The number of para-hydroxylation sites is 1. The molecule has 1 unspecified atom stereocenters. The van der Waals surface area contributed by atoms with Gasteiger partial charge in [-0.15, -0.1) is 11.3 Å². The maximum Gasteiger partial charge on any atom is 0.339 e. The molecule has 1 aliphatic rings. The zero-order chi connectivity index (χ0) is 20.1. The third-order valence-corrected chi connectivity index (χ3v) is 5.76. The van der Waals surface area contributed by atoms with Crippen molar-refractivity contribution >= 4 is 56.9 Å². The second-order valence-electron chi connectivity index (χ2n) is 5.69. The van der Waals surface area contributed by atoms with Gasteiger partial charge in [-0.05, 0) is 19.1 Å². The van der Waals surface area contributed by atoms with Gasteiger partial charge in [0.2, 0.25) is 16.9 Å². The fourth-order valence-corrected chi connectivity index (χ4v) is 4.38. The molecule has 3 rings (SSSR count). The minimum Gasteiger partial charge on any atom is -0.465 e. The van der Waals surface area contributed by atoms with Gasteiger partial charge < -0.3 is 10.1 Å². The van der Waals surface area contributed by atoms with Gasteiger partial charge in [0.1, 0.15) is 5.25 Å². The number of ether oxygens (including phenoxy) is 1. The van der Waals surface area contributed by atoms with Gasteiger partial charge in [0.05, 0.1) is 18.4 Å². The molecule has 146 valence electrons. The lowest BCUT2D eigenvalue weighted by molar-refractivity contribution is -0.128. The van der Waals surface area contributed by atoms with Crippen molar-refractivity contribution in [2.75, 3.05) is 19.0 Å². The van der Waals surface area contributed by atoms with Gasteiger partial charge in [0.25, 0.3) is 0 Å². The molecule has 1 atom stereocenters. The second kappa shape index (κ2) is 8.98. The number of aromatic nitrogens is 1. The smallest absolute Gasteiger partial charge is 0.339 e. The van der Waals surface area contributed by atoms with Crippen molar-refractivity contribution in [1.29, 1.82) is 0 Å². The molecular formula is C18H18N4O4S2. The lowest BCUT2D eigenvalue weighted by Crippen LogP contribution is -2.33. The van der Waals surface area contributed by atoms with Crippen LogP contribution in [0.25, 0.3) is 0 Å². The number of amidine groups is 1. The van der Waals surface area contributed by atoms with Gasteiger partial charge in [-0.2, -0.15) is 4.99 Å². The number of hydrogen-bond donors (Lipinski definition) is 1. The maximum absolute atomic E-state index is 12.6. The summed E-state index contributed by atoms with van der Waals surface area (Å²) in [6, 6.07) is 6.56. The molecule has 1 fully saturated rings. The molecule has 2 heterocycles. The molecule has 0 radical (unpaired) electrons. The van der Waals surface area contributed by atoms with E-state index in [4.69, 9.17) is 4.74 Å². The standard InChI is InChI=1S/C18H18N4O4S2/c1-3-22-15(24)13(28-18(22)21-17-19-8-9-27-17)10-14(23)20-12-7-5-4-6-11(12)16(25)26-2/h4-9,13H,3,10H2,1-2H3,(H,20,23). The minimum atomic E-state index is -0.580. The monoisotopic (exact) mass is 418 g/mol. The lowest BCUT2D eigenvalue weighted by atomic mass is 10.1. The van der Waals surface area contributed by atoms with E-state index >= 15 is 0 Å². The molecule has 2 amide bonds. The summed E-state index contributed by atoms with van der Waals surface area (Å²) in [5.74, 6) is -1.08. The Morgan fingerprint density at radius 1 is 1.36 bits per heavy atom. The first-order valence-corrected chi connectivity index (χ1v) is 10.2. The topological polar surface area (TPSA) is 101 Å². The summed E-state index contributed by atoms with van der Waals surface area (Å²) in [4.78, 5) is 47.0. The molecule has 1 aliphatic heterocycles. The summed E-state index contributed by atoms with van der Waals surface area (Å²) in [6.45, 7) is 2.31. The average molecular weight is 419 g/mol. The number of benzene rings is 1. The third-order valence-electron chi connectivity index (χ3n) is 3.92. The Balaban J connectivity index is 1.71. The van der Waals surface area contributed by atoms with Crippen LogP contribution in [0.4, 0.5) is 10.8 Å². The van der Waals surface area contributed by atoms with Crippen LogP contribution >= 0.6 is 23.1 Å². The van der Waals surface area contributed by atoms with E-state index in [2.05, 4.69) is 15.3 Å². The molecular weight excluding hydrogens is 400 g/mol. The van der Waals surface area contributed by atoms with Gasteiger partial charge in [-0.1, -0.05) is 23.9 Å². The number of hydrogen-bond acceptors (Lipinski definition) is 8. The lowest BCUT2D eigenvalue weighted by Gasteiger charge is -2.13. The summed E-state index contributed by atoms with van der Waals surface area (Å²) in [5.41, 5.74) is 0.601. The average Bonchev–Trinajstić information content (AvgIpc) is 3.30. The van der Waals surface area contributed by atoms with Crippen LogP contribution in [0.15, 0.2) is 40.8 Å². The zero-order valence-corrected chi connectivity index (χ0v) is 16.9. The van der Waals surface area contributed by atoms with Gasteiger partial charge >= 0.3 is 5.97 Å². The van der Waals surface area contributed by atoms with Crippen molar-refractivity contribution < 1.29 is 19.1 Å². The predicted molar refractivity (Wildman–Crippen MR) is 109 cm³/mol. The normalized spacial score (nSPS) is 17.8. The van der Waals surface area contributed by atoms with Crippen LogP contribution in [0, 0.1) is 0 Å². The summed E-state index contributed by atoms with van der Waals surface area (Å²) in [5, 5.41) is 5.02. The number of rotatable bonds is 6. The van der Waals surface area contributed by atoms with Crippen LogP contribution in [0.3, 0.4) is 0 Å². The van der Waals surface area contributed by atoms with Gasteiger partial charge in [0, 0.05) is 24.5 Å². The van der Waals surface area contributed by atoms with E-state index in [1.807, 2.05) is 6.92 Å². The summed E-state index contributed by atoms with van der Waals surface area (Å²) >= 11 is 2.62. The number of nitrogens with zero attached hydrogens (tertiary/aromatic N) is 3. The highest BCUT2D eigenvalue weighted by atomic mass is 32.2. The molecule has 1 aromatic carbocycles. The minimum absolute atomic E-state index is 0.0353. The fraction of sp³-hybridized carbons (Fsp3) is 0.278. The molecule has 0 bridgehead atoms. The van der Waals surface area contributed by atoms with E-state index < -0.39 is 11.2 Å². The molecule has 1 aromatic heterocycles. The largest absolute Gasteiger partial charge is 0.465 e. The Labute approximate surface area is 170 Å². The number of carbonyl (C=O) groups is 3. The number of aliphatic imine (C=N–C) groups is 1. The van der Waals surface area contributed by atoms with Crippen molar-refractivity contribution in [1.82, 2.24) is 9.88 Å².